The maximum Gasteiger partial charge on any atom is 0.169 e. The van der Waals surface area contributed by atoms with Crippen molar-refractivity contribution < 1.29 is 9.05 Å². The fraction of sp³-hybridized carbons (Fsp3) is 0.500. The van der Waals surface area contributed by atoms with E-state index in [0.717, 1.165) is 19.6 Å². The van der Waals surface area contributed by atoms with Crippen LogP contribution in [0.25, 0.3) is 12.2 Å². The molecule has 0 bridgehead atoms. The zero-order chi connectivity index (χ0) is 21.1. The molecule has 0 spiro atoms. The molecule has 0 amide bonds. The van der Waals surface area contributed by atoms with Crippen LogP contribution in [0.15, 0.2) is 48.8 Å². The van der Waals surface area contributed by atoms with Gasteiger partial charge in [-0.15, -0.1) is 0 Å². The Kier molecular flexibility index (Phi) is 9.40. The van der Waals surface area contributed by atoms with Gasteiger partial charge in [-0.2, -0.15) is 0 Å². The van der Waals surface area contributed by atoms with E-state index in [1.165, 1.54) is 53.9 Å². The normalized spacial score (nSPS) is 11.9. The van der Waals surface area contributed by atoms with Crippen LogP contribution in [0, 0.1) is 0 Å². The smallest absolute Gasteiger partial charge is 0.169 e. The first-order chi connectivity index (χ1) is 14.1. The molecule has 0 saturated carbocycles. The number of aromatic nitrogens is 1. The largest absolute Gasteiger partial charge is 0.372 e. The van der Waals surface area contributed by atoms with E-state index in [2.05, 4.69) is 105 Å². The third kappa shape index (κ3) is 6.71. The molecule has 2 aromatic rings. The van der Waals surface area contributed by atoms with Gasteiger partial charge in [0.2, 0.25) is 0 Å². The van der Waals surface area contributed by atoms with Gasteiger partial charge in [-0.1, -0.05) is 24.3 Å². The summed E-state index contributed by atoms with van der Waals surface area (Å²) in [5, 5.41) is 0. The summed E-state index contributed by atoms with van der Waals surface area (Å²) >= 11 is 0. The fourth-order valence-electron chi connectivity index (χ4n) is 4.04. The summed E-state index contributed by atoms with van der Waals surface area (Å²) < 4.78 is 3.54. The molecule has 0 unspecified atom stereocenters. The summed E-state index contributed by atoms with van der Waals surface area (Å²) in [5.41, 5.74) is 3.78. The molecule has 0 aliphatic heterocycles. The van der Waals surface area contributed by atoms with Crippen molar-refractivity contribution in [2.75, 3.05) is 44.2 Å². The first-order valence-electron chi connectivity index (χ1n) is 11.5. The average molecular weight is 396 g/mol. The van der Waals surface area contributed by atoms with Gasteiger partial charge in [-0.05, 0) is 57.9 Å². The van der Waals surface area contributed by atoms with Crippen LogP contribution in [0.1, 0.15) is 52.2 Å². The topological polar surface area (TPSA) is 7.12 Å². The van der Waals surface area contributed by atoms with Gasteiger partial charge in [0.1, 0.15) is 0 Å². The highest BCUT2D eigenvalue weighted by atomic mass is 15.3. The summed E-state index contributed by atoms with van der Waals surface area (Å²) in [6.45, 7) is 19.5. The molecule has 3 nitrogen and oxygen atoms in total. The summed E-state index contributed by atoms with van der Waals surface area (Å²) in [5.74, 6) is 0. The van der Waals surface area contributed by atoms with Crippen LogP contribution in [0.5, 0.6) is 0 Å². The average Bonchev–Trinajstić information content (AvgIpc) is 2.78. The van der Waals surface area contributed by atoms with Crippen LogP contribution in [0.2, 0.25) is 0 Å². The minimum atomic E-state index is 1.05. The molecule has 0 fully saturated rings. The van der Waals surface area contributed by atoms with E-state index in [0.29, 0.717) is 0 Å². The number of quaternary nitrogens is 1. The van der Waals surface area contributed by atoms with Crippen LogP contribution < -0.4 is 9.47 Å². The molecule has 1 aromatic carbocycles. The maximum absolute atomic E-state index is 2.37. The summed E-state index contributed by atoms with van der Waals surface area (Å²) in [6.07, 6.45) is 10.0. The van der Waals surface area contributed by atoms with Crippen LogP contribution in [0.4, 0.5) is 5.69 Å². The first-order valence-corrected chi connectivity index (χ1v) is 11.5. The highest BCUT2D eigenvalue weighted by Crippen LogP contribution is 2.16. The number of nitrogens with zero attached hydrogens (tertiary/aromatic N) is 3. The predicted octanol–water partition coefficient (Wildman–Crippen LogP) is 5.26. The van der Waals surface area contributed by atoms with Crippen LogP contribution >= 0.6 is 0 Å². The molecule has 158 valence electrons. The quantitative estimate of drug-likeness (QED) is 0.351. The molecular weight excluding hydrogens is 354 g/mol. The Morgan fingerprint density at radius 3 is 1.76 bits per heavy atom. The van der Waals surface area contributed by atoms with Crippen LogP contribution in [0.3, 0.4) is 0 Å². The Hall–Kier alpha value is -2.13. The van der Waals surface area contributed by atoms with Gasteiger partial charge in [0.15, 0.2) is 18.9 Å². The minimum absolute atomic E-state index is 1.05. The van der Waals surface area contributed by atoms with Crippen molar-refractivity contribution in [3.63, 3.8) is 0 Å². The Morgan fingerprint density at radius 2 is 1.28 bits per heavy atom. The molecule has 3 heteroatoms. The zero-order valence-corrected chi connectivity index (χ0v) is 19.3. The predicted molar refractivity (Wildman–Crippen MR) is 127 cm³/mol. The first kappa shape index (κ1) is 23.2. The zero-order valence-electron chi connectivity index (χ0n) is 19.3. The second-order valence-electron chi connectivity index (χ2n) is 7.83. The fourth-order valence-corrected chi connectivity index (χ4v) is 4.04. The Morgan fingerprint density at radius 1 is 0.759 bits per heavy atom. The number of anilines is 1. The number of hydrogen-bond acceptors (Lipinski definition) is 1. The lowest BCUT2D eigenvalue weighted by Gasteiger charge is -2.35. The molecule has 0 aliphatic carbocycles. The van der Waals surface area contributed by atoms with Crippen molar-refractivity contribution in [2.24, 2.45) is 0 Å². The Balaban J connectivity index is 1.90. The van der Waals surface area contributed by atoms with Crippen LogP contribution in [-0.2, 0) is 6.54 Å². The van der Waals surface area contributed by atoms with E-state index in [1.54, 1.807) is 0 Å². The highest BCUT2D eigenvalue weighted by Gasteiger charge is 2.20. The third-order valence-corrected chi connectivity index (χ3v) is 6.47. The van der Waals surface area contributed by atoms with Gasteiger partial charge in [-0.25, -0.2) is 4.57 Å². The Labute approximate surface area is 178 Å². The highest BCUT2D eigenvalue weighted by molar-refractivity contribution is 5.70. The lowest BCUT2D eigenvalue weighted by molar-refractivity contribution is -0.925. The molecular formula is C26H41N3+2. The lowest BCUT2D eigenvalue weighted by atomic mass is 10.1. The van der Waals surface area contributed by atoms with E-state index in [-0.39, 0.29) is 0 Å². The Bertz CT molecular complexity index is 715. The summed E-state index contributed by atoms with van der Waals surface area (Å²) in [7, 11) is 0. The van der Waals surface area contributed by atoms with Crippen molar-refractivity contribution in [1.82, 2.24) is 0 Å². The van der Waals surface area contributed by atoms with E-state index >= 15 is 0 Å². The minimum Gasteiger partial charge on any atom is -0.372 e. The standard InChI is InChI=1S/C26H41N3/c1-6-28(7-2)26-16-14-24(15-17-26)12-13-25-18-21-27(22-19-25)20-11-23-29(8-3,9-4)10-5/h12-19,21-22H,6-11,20,23H2,1-5H3/q+2. The number of hydrogen-bond donors (Lipinski definition) is 0. The maximum atomic E-state index is 2.37. The molecule has 29 heavy (non-hydrogen) atoms. The molecule has 2 rings (SSSR count). The van der Waals surface area contributed by atoms with Gasteiger partial charge in [0.25, 0.3) is 0 Å². The van der Waals surface area contributed by atoms with E-state index in [9.17, 15) is 0 Å². The summed E-state index contributed by atoms with van der Waals surface area (Å²) in [6, 6.07) is 13.3. The van der Waals surface area contributed by atoms with Gasteiger partial charge < -0.3 is 9.38 Å². The number of pyridine rings is 1. The number of benzene rings is 1. The van der Waals surface area contributed by atoms with Crippen molar-refractivity contribution in [2.45, 2.75) is 47.6 Å². The summed E-state index contributed by atoms with van der Waals surface area (Å²) in [4.78, 5) is 2.37. The van der Waals surface area contributed by atoms with E-state index in [4.69, 9.17) is 0 Å². The van der Waals surface area contributed by atoms with Crippen molar-refractivity contribution in [3.8, 4) is 0 Å². The van der Waals surface area contributed by atoms with Gasteiger partial charge >= 0.3 is 0 Å². The van der Waals surface area contributed by atoms with Gasteiger partial charge in [-0.3, -0.25) is 0 Å². The molecule has 1 aromatic heterocycles. The lowest BCUT2D eigenvalue weighted by Crippen LogP contribution is -2.49. The molecule has 1 heterocycles. The molecule has 0 N–H and O–H groups in total. The second-order valence-corrected chi connectivity index (χ2v) is 7.83. The monoisotopic (exact) mass is 395 g/mol. The number of aryl methyl sites for hydroxylation is 1. The van der Waals surface area contributed by atoms with Gasteiger partial charge in [0, 0.05) is 30.9 Å². The van der Waals surface area contributed by atoms with E-state index in [1.807, 2.05) is 0 Å². The van der Waals surface area contributed by atoms with Gasteiger partial charge in [0.05, 0.1) is 32.6 Å². The van der Waals surface area contributed by atoms with E-state index < -0.39 is 0 Å². The van der Waals surface area contributed by atoms with Crippen molar-refractivity contribution in [1.29, 1.82) is 0 Å². The molecule has 0 atom stereocenters. The molecule has 0 saturated heterocycles. The third-order valence-electron chi connectivity index (χ3n) is 6.47. The van der Waals surface area contributed by atoms with Crippen molar-refractivity contribution in [3.05, 3.63) is 59.9 Å². The number of rotatable bonds is 12. The second kappa shape index (κ2) is 11.8. The SMILES string of the molecule is CCN(CC)c1ccc(/C=C/c2cc[n+](CCC[N+](CC)(CC)CC)cc2)cc1. The van der Waals surface area contributed by atoms with Crippen LogP contribution in [-0.4, -0.2) is 43.8 Å². The molecule has 0 aliphatic rings. The van der Waals surface area contributed by atoms with Crippen molar-refractivity contribution >= 4 is 17.8 Å². The molecule has 0 radical (unpaired) electrons.